The van der Waals surface area contributed by atoms with Crippen LogP contribution in [0.2, 0.25) is 0 Å². The topological polar surface area (TPSA) is 147 Å². The highest BCUT2D eigenvalue weighted by atomic mass is 32.1. The molecular formula is C27H23NO8S2. The number of ketones is 2. The van der Waals surface area contributed by atoms with Crippen LogP contribution in [0.4, 0.5) is 5.69 Å². The number of hydrogen-bond acceptors (Lipinski definition) is 8. The van der Waals surface area contributed by atoms with E-state index < -0.39 is 11.9 Å². The maximum atomic E-state index is 12.4. The van der Waals surface area contributed by atoms with Gasteiger partial charge in [-0.1, -0.05) is 6.07 Å². The van der Waals surface area contributed by atoms with E-state index in [1.165, 1.54) is 22.7 Å². The zero-order valence-electron chi connectivity index (χ0n) is 20.0. The van der Waals surface area contributed by atoms with Crippen LogP contribution < -0.4 is 10.1 Å². The summed E-state index contributed by atoms with van der Waals surface area (Å²) in [5.41, 5.74) is 0.578. The van der Waals surface area contributed by atoms with Crippen molar-refractivity contribution in [3.63, 3.8) is 0 Å². The van der Waals surface area contributed by atoms with Gasteiger partial charge in [-0.3, -0.25) is 24.0 Å². The van der Waals surface area contributed by atoms with Gasteiger partial charge >= 0.3 is 11.9 Å². The lowest BCUT2D eigenvalue weighted by Gasteiger charge is -2.07. The molecule has 2 aromatic carbocycles. The highest BCUT2D eigenvalue weighted by Gasteiger charge is 2.14. The normalized spacial score (nSPS) is 10.9. The molecule has 0 aliphatic rings. The van der Waals surface area contributed by atoms with Crippen molar-refractivity contribution in [2.24, 2.45) is 0 Å². The Kier molecular flexibility index (Phi) is 8.49. The Hall–Kier alpha value is -4.09. The van der Waals surface area contributed by atoms with Crippen LogP contribution in [0, 0.1) is 0 Å². The van der Waals surface area contributed by atoms with Crippen molar-refractivity contribution in [2.75, 3.05) is 11.9 Å². The molecule has 4 rings (SSSR count). The summed E-state index contributed by atoms with van der Waals surface area (Å²) in [6.07, 6.45) is -0.431. The molecule has 0 atom stereocenters. The van der Waals surface area contributed by atoms with Crippen LogP contribution in [-0.4, -0.2) is 46.2 Å². The van der Waals surface area contributed by atoms with Gasteiger partial charge in [0.1, 0.15) is 5.75 Å². The maximum Gasteiger partial charge on any atom is 0.303 e. The van der Waals surface area contributed by atoms with Crippen molar-refractivity contribution in [3.05, 3.63) is 58.3 Å². The predicted octanol–water partition coefficient (Wildman–Crippen LogP) is 5.62. The van der Waals surface area contributed by atoms with E-state index in [0.717, 1.165) is 20.2 Å². The first kappa shape index (κ1) is 27.0. The molecule has 0 aliphatic carbocycles. The van der Waals surface area contributed by atoms with E-state index in [-0.39, 0.29) is 56.2 Å². The van der Waals surface area contributed by atoms with Crippen molar-refractivity contribution in [1.29, 1.82) is 0 Å². The molecule has 0 fully saturated rings. The van der Waals surface area contributed by atoms with Crippen LogP contribution in [0.5, 0.6) is 5.75 Å². The highest BCUT2D eigenvalue weighted by molar-refractivity contribution is 7.21. The zero-order chi connectivity index (χ0) is 27.2. The number of hydrogen-bond donors (Lipinski definition) is 3. The quantitative estimate of drug-likeness (QED) is 0.181. The lowest BCUT2D eigenvalue weighted by molar-refractivity contribution is -0.137. The van der Waals surface area contributed by atoms with E-state index in [0.29, 0.717) is 21.2 Å². The summed E-state index contributed by atoms with van der Waals surface area (Å²) in [5, 5.41) is 22.0. The number of anilines is 1. The first-order valence-corrected chi connectivity index (χ1v) is 13.3. The molecule has 38 heavy (non-hydrogen) atoms. The van der Waals surface area contributed by atoms with Crippen LogP contribution in [0.1, 0.15) is 51.4 Å². The number of rotatable bonds is 13. The second-order valence-corrected chi connectivity index (χ2v) is 10.6. The standard InChI is InChI=1S/C27H23NO8S2/c29-19(5-7-26(32)33)23-11-15-1-3-17(13-21(15)37-23)28-25(31)9-10-36-18-4-2-16-12-24(38-22(16)14-18)20(30)6-8-27(34)35/h1-4,11-14H,5-10H2,(H,28,31)(H,32,33)(H,34,35). The van der Waals surface area contributed by atoms with Crippen LogP contribution in [0.15, 0.2) is 48.5 Å². The molecule has 4 aromatic rings. The second kappa shape index (κ2) is 12.0. The first-order chi connectivity index (χ1) is 18.2. The maximum absolute atomic E-state index is 12.4. The second-order valence-electron chi connectivity index (χ2n) is 8.45. The number of fused-ring (bicyclic) bond motifs is 2. The van der Waals surface area contributed by atoms with Crippen molar-refractivity contribution < 1.29 is 38.9 Å². The molecule has 2 aromatic heterocycles. The van der Waals surface area contributed by atoms with Crippen molar-refractivity contribution in [1.82, 2.24) is 0 Å². The van der Waals surface area contributed by atoms with Crippen LogP contribution >= 0.6 is 22.7 Å². The number of carbonyl (C=O) groups is 5. The average molecular weight is 554 g/mol. The summed E-state index contributed by atoms with van der Waals surface area (Å²) in [7, 11) is 0. The van der Waals surface area contributed by atoms with E-state index in [4.69, 9.17) is 14.9 Å². The number of carboxylic acid groups (broad SMARTS) is 2. The molecule has 0 saturated heterocycles. The lowest BCUT2D eigenvalue weighted by Crippen LogP contribution is -2.15. The molecule has 0 bridgehead atoms. The van der Waals surface area contributed by atoms with Gasteiger partial charge in [-0.25, -0.2) is 0 Å². The van der Waals surface area contributed by atoms with Crippen LogP contribution in [0.25, 0.3) is 20.2 Å². The molecule has 2 heterocycles. The Balaban J connectivity index is 1.30. The molecular weight excluding hydrogens is 530 g/mol. The molecule has 0 spiro atoms. The smallest absolute Gasteiger partial charge is 0.303 e. The number of carboxylic acids is 2. The molecule has 0 aliphatic heterocycles. The van der Waals surface area contributed by atoms with Gasteiger partial charge in [0.05, 0.1) is 35.6 Å². The van der Waals surface area contributed by atoms with Gasteiger partial charge in [-0.15, -0.1) is 22.7 Å². The number of ether oxygens (including phenoxy) is 1. The van der Waals surface area contributed by atoms with Crippen molar-refractivity contribution in [2.45, 2.75) is 32.1 Å². The molecule has 0 saturated carbocycles. The van der Waals surface area contributed by atoms with Gasteiger partial charge in [-0.05, 0) is 53.2 Å². The number of Topliss-reactive ketones (excluding diaryl/α,β-unsaturated/α-hetero) is 2. The Bertz CT molecular complexity index is 1550. The number of thiophene rings is 2. The third kappa shape index (κ3) is 7.02. The molecule has 9 nitrogen and oxygen atoms in total. The SMILES string of the molecule is O=C(O)CCC(=O)c1cc2ccc(NC(=O)CCOc3ccc4cc(C(=O)CCC(=O)O)sc4c3)cc2s1. The van der Waals surface area contributed by atoms with E-state index in [9.17, 15) is 24.0 Å². The molecule has 0 unspecified atom stereocenters. The fraction of sp³-hybridized carbons (Fsp3) is 0.222. The summed E-state index contributed by atoms with van der Waals surface area (Å²) in [5.74, 6) is -2.16. The number of benzene rings is 2. The van der Waals surface area contributed by atoms with E-state index in [1.54, 1.807) is 42.5 Å². The Morgan fingerprint density at radius 1 is 0.684 bits per heavy atom. The monoisotopic (exact) mass is 553 g/mol. The highest BCUT2D eigenvalue weighted by Crippen LogP contribution is 2.31. The Morgan fingerprint density at radius 3 is 1.82 bits per heavy atom. The van der Waals surface area contributed by atoms with Gasteiger partial charge in [-0.2, -0.15) is 0 Å². The van der Waals surface area contributed by atoms with Gasteiger partial charge in [0.25, 0.3) is 0 Å². The minimum atomic E-state index is -1.02. The number of aliphatic carboxylic acids is 2. The van der Waals surface area contributed by atoms with Gasteiger partial charge in [0.15, 0.2) is 11.6 Å². The molecule has 0 radical (unpaired) electrons. The van der Waals surface area contributed by atoms with Gasteiger partial charge in [0.2, 0.25) is 5.91 Å². The number of carbonyl (C=O) groups excluding carboxylic acids is 3. The average Bonchev–Trinajstić information content (AvgIpc) is 3.49. The third-order valence-corrected chi connectivity index (χ3v) is 7.85. The largest absolute Gasteiger partial charge is 0.493 e. The summed E-state index contributed by atoms with van der Waals surface area (Å²) in [6, 6.07) is 14.1. The van der Waals surface area contributed by atoms with Crippen molar-refractivity contribution in [3.8, 4) is 5.75 Å². The fourth-order valence-corrected chi connectivity index (χ4v) is 5.79. The molecule has 1 amide bonds. The van der Waals surface area contributed by atoms with Gasteiger partial charge < -0.3 is 20.3 Å². The van der Waals surface area contributed by atoms with E-state index >= 15 is 0 Å². The number of nitrogens with one attached hydrogen (secondary N) is 1. The zero-order valence-corrected chi connectivity index (χ0v) is 21.7. The van der Waals surface area contributed by atoms with Crippen molar-refractivity contribution >= 4 is 77.9 Å². The van der Waals surface area contributed by atoms with Crippen LogP contribution in [0.3, 0.4) is 0 Å². The third-order valence-electron chi connectivity index (χ3n) is 5.57. The Morgan fingerprint density at radius 2 is 1.24 bits per heavy atom. The Labute approximate surface area is 224 Å². The summed E-state index contributed by atoms with van der Waals surface area (Å²) < 4.78 is 7.35. The first-order valence-electron chi connectivity index (χ1n) is 11.7. The molecule has 196 valence electrons. The van der Waals surface area contributed by atoms with Gasteiger partial charge in [0, 0.05) is 27.9 Å². The lowest BCUT2D eigenvalue weighted by atomic mass is 10.1. The summed E-state index contributed by atoms with van der Waals surface area (Å²) in [6.45, 7) is 0.136. The fourth-order valence-electron chi connectivity index (χ4n) is 3.66. The summed E-state index contributed by atoms with van der Waals surface area (Å²) in [4.78, 5) is 59.2. The van der Waals surface area contributed by atoms with Crippen LogP contribution in [-0.2, 0) is 14.4 Å². The predicted molar refractivity (Wildman–Crippen MR) is 145 cm³/mol. The minimum absolute atomic E-state index is 0.0495. The number of amides is 1. The summed E-state index contributed by atoms with van der Waals surface area (Å²) >= 11 is 2.53. The molecule has 3 N–H and O–H groups in total. The van der Waals surface area contributed by atoms with E-state index in [1.807, 2.05) is 6.07 Å². The minimum Gasteiger partial charge on any atom is -0.493 e. The van der Waals surface area contributed by atoms with E-state index in [2.05, 4.69) is 5.32 Å². The molecule has 11 heteroatoms.